The number of pyridine rings is 2. The summed E-state index contributed by atoms with van der Waals surface area (Å²) in [6.45, 7) is 0.820. The van der Waals surface area contributed by atoms with Crippen LogP contribution in [-0.4, -0.2) is 34.5 Å². The summed E-state index contributed by atoms with van der Waals surface area (Å²) >= 11 is 0. The molecule has 3 N–H and O–H groups in total. The Balaban J connectivity index is 1.13. The molecule has 32 heavy (non-hydrogen) atoms. The number of carbonyl (C=O) groups is 1. The number of imidazole rings is 2. The number of nitrogens with two attached hydrogens (primary N) is 1. The van der Waals surface area contributed by atoms with Crippen LogP contribution in [0, 0.1) is 0 Å². The molecule has 0 atom stereocenters. The Morgan fingerprint density at radius 1 is 1.16 bits per heavy atom. The molecule has 1 fully saturated rings. The average molecular weight is 426 g/mol. The van der Waals surface area contributed by atoms with Gasteiger partial charge in [-0.05, 0) is 48.6 Å². The second-order valence-electron chi connectivity index (χ2n) is 8.29. The fourth-order valence-electron chi connectivity index (χ4n) is 4.01. The van der Waals surface area contributed by atoms with Gasteiger partial charge in [0.05, 0.1) is 48.1 Å². The largest absolute Gasteiger partial charge is 0.398 e. The summed E-state index contributed by atoms with van der Waals surface area (Å²) in [4.78, 5) is 21.7. The van der Waals surface area contributed by atoms with Gasteiger partial charge in [-0.25, -0.2) is 9.97 Å². The average Bonchev–Trinajstić information content (AvgIpc) is 3.21. The number of anilines is 1. The summed E-state index contributed by atoms with van der Waals surface area (Å²) in [5.41, 5.74) is 11.9. The van der Waals surface area contributed by atoms with Crippen LogP contribution in [-0.2, 0) is 13.1 Å². The molecular formula is C23H22N8O. The molecule has 0 bridgehead atoms. The normalized spacial score (nSPS) is 13.8. The predicted molar refractivity (Wildman–Crippen MR) is 119 cm³/mol. The van der Waals surface area contributed by atoms with Gasteiger partial charge in [0.15, 0.2) is 0 Å². The Hall–Kier alpha value is -4.14. The third-order valence-electron chi connectivity index (χ3n) is 5.85. The minimum absolute atomic E-state index is 0.197. The highest BCUT2D eigenvalue weighted by Gasteiger charge is 2.23. The summed E-state index contributed by atoms with van der Waals surface area (Å²) in [6.07, 6.45) is 13.4. The first-order valence-electron chi connectivity index (χ1n) is 10.6. The van der Waals surface area contributed by atoms with Crippen molar-refractivity contribution in [2.45, 2.75) is 31.8 Å². The monoisotopic (exact) mass is 426 g/mol. The highest BCUT2D eigenvalue weighted by Crippen LogP contribution is 2.40. The highest BCUT2D eigenvalue weighted by molar-refractivity contribution is 5.93. The number of fused-ring (bicyclic) bond motifs is 2. The van der Waals surface area contributed by atoms with Crippen molar-refractivity contribution in [2.24, 2.45) is 0 Å². The van der Waals surface area contributed by atoms with Crippen LogP contribution in [0.3, 0.4) is 0 Å². The van der Waals surface area contributed by atoms with E-state index in [0.717, 1.165) is 22.6 Å². The number of aromatic nitrogens is 6. The van der Waals surface area contributed by atoms with Gasteiger partial charge < -0.3 is 19.9 Å². The van der Waals surface area contributed by atoms with Gasteiger partial charge in [0.25, 0.3) is 5.91 Å². The van der Waals surface area contributed by atoms with Crippen LogP contribution >= 0.6 is 0 Å². The van der Waals surface area contributed by atoms with E-state index in [9.17, 15) is 4.79 Å². The molecule has 9 nitrogen and oxygen atoms in total. The van der Waals surface area contributed by atoms with Crippen molar-refractivity contribution < 1.29 is 4.79 Å². The summed E-state index contributed by atoms with van der Waals surface area (Å²) < 4.78 is 5.60. The number of rotatable bonds is 6. The topological polar surface area (TPSA) is 108 Å². The zero-order valence-corrected chi connectivity index (χ0v) is 17.3. The van der Waals surface area contributed by atoms with Crippen LogP contribution < -0.4 is 11.1 Å². The van der Waals surface area contributed by atoms with E-state index < -0.39 is 0 Å². The molecule has 0 unspecified atom stereocenters. The number of nitrogens with zero attached hydrogens (tertiary/aromatic N) is 6. The number of amides is 1. The smallest absolute Gasteiger partial charge is 0.254 e. The van der Waals surface area contributed by atoms with E-state index in [1.165, 1.54) is 18.4 Å². The molecule has 0 aromatic carbocycles. The summed E-state index contributed by atoms with van der Waals surface area (Å²) in [5.74, 6) is 0.502. The van der Waals surface area contributed by atoms with Crippen molar-refractivity contribution in [3.63, 3.8) is 0 Å². The van der Waals surface area contributed by atoms with E-state index in [4.69, 9.17) is 10.7 Å². The predicted octanol–water partition coefficient (Wildman–Crippen LogP) is 2.62. The van der Waals surface area contributed by atoms with Gasteiger partial charge in [-0.3, -0.25) is 9.48 Å². The van der Waals surface area contributed by atoms with E-state index in [1.54, 1.807) is 29.6 Å². The molecule has 1 saturated carbocycles. The summed E-state index contributed by atoms with van der Waals surface area (Å²) in [6, 6.07) is 8.05. The van der Waals surface area contributed by atoms with E-state index in [-0.39, 0.29) is 5.91 Å². The third-order valence-corrected chi connectivity index (χ3v) is 5.85. The van der Waals surface area contributed by atoms with Crippen molar-refractivity contribution >= 4 is 22.8 Å². The molecule has 6 rings (SSSR count). The van der Waals surface area contributed by atoms with Crippen LogP contribution in [0.5, 0.6) is 0 Å². The molecule has 1 aliphatic rings. The van der Waals surface area contributed by atoms with E-state index >= 15 is 0 Å². The van der Waals surface area contributed by atoms with Crippen LogP contribution in [0.2, 0.25) is 0 Å². The number of nitrogen functional groups attached to an aromatic ring is 1. The van der Waals surface area contributed by atoms with Gasteiger partial charge in [0.1, 0.15) is 5.65 Å². The van der Waals surface area contributed by atoms with Gasteiger partial charge >= 0.3 is 0 Å². The second kappa shape index (κ2) is 7.23. The summed E-state index contributed by atoms with van der Waals surface area (Å²) in [7, 11) is 0. The minimum Gasteiger partial charge on any atom is -0.398 e. The number of hydrogen-bond donors (Lipinski definition) is 2. The third kappa shape index (κ3) is 3.47. The lowest BCUT2D eigenvalue weighted by Crippen LogP contribution is -2.22. The lowest BCUT2D eigenvalue weighted by molar-refractivity contribution is 0.0950. The first-order chi connectivity index (χ1) is 15.6. The van der Waals surface area contributed by atoms with Crippen molar-refractivity contribution in [1.82, 2.24) is 33.9 Å². The van der Waals surface area contributed by atoms with Gasteiger partial charge in [-0.15, -0.1) is 0 Å². The van der Waals surface area contributed by atoms with Crippen molar-refractivity contribution in [1.29, 1.82) is 0 Å². The maximum atomic E-state index is 12.6. The Morgan fingerprint density at radius 2 is 2.06 bits per heavy atom. The molecule has 5 aromatic rings. The van der Waals surface area contributed by atoms with Gasteiger partial charge in [-0.2, -0.15) is 5.10 Å². The van der Waals surface area contributed by atoms with E-state index in [2.05, 4.69) is 33.7 Å². The maximum Gasteiger partial charge on any atom is 0.254 e. The Kier molecular flexibility index (Phi) is 4.20. The summed E-state index contributed by atoms with van der Waals surface area (Å²) in [5, 5.41) is 7.25. The molecule has 0 radical (unpaired) electrons. The maximum absolute atomic E-state index is 12.6. The van der Waals surface area contributed by atoms with E-state index in [0.29, 0.717) is 30.3 Å². The fourth-order valence-corrected chi connectivity index (χ4v) is 4.01. The molecule has 5 heterocycles. The fraction of sp³-hybridized carbons (Fsp3) is 0.217. The SMILES string of the molecule is Nc1ccc2c(CNC(=O)c3cnn(Cc4cn5ccc(C6CC6)cc5n4)c3)ncn2c1. The highest BCUT2D eigenvalue weighted by atomic mass is 16.1. The first-order valence-corrected chi connectivity index (χ1v) is 10.6. The van der Waals surface area contributed by atoms with Crippen LogP contribution in [0.15, 0.2) is 61.6 Å². The first kappa shape index (κ1) is 18.6. The van der Waals surface area contributed by atoms with Crippen LogP contribution in [0.4, 0.5) is 5.69 Å². The zero-order valence-electron chi connectivity index (χ0n) is 17.3. The lowest BCUT2D eigenvalue weighted by Gasteiger charge is -2.02. The van der Waals surface area contributed by atoms with Gasteiger partial charge in [0.2, 0.25) is 0 Å². The molecule has 5 aromatic heterocycles. The number of carbonyl (C=O) groups excluding carboxylic acids is 1. The molecule has 0 aliphatic heterocycles. The van der Waals surface area contributed by atoms with Crippen molar-refractivity contribution in [2.75, 3.05) is 5.73 Å². The molecule has 1 amide bonds. The molecule has 160 valence electrons. The van der Waals surface area contributed by atoms with Gasteiger partial charge in [0, 0.05) is 30.5 Å². The lowest BCUT2D eigenvalue weighted by atomic mass is 10.2. The van der Waals surface area contributed by atoms with Crippen molar-refractivity contribution in [3.8, 4) is 0 Å². The standard InChI is InChI=1S/C23H22N8O/c24-18-3-4-21-20(26-14-30(21)11-18)9-25-23(32)17-8-27-31(10-17)13-19-12-29-6-5-16(15-1-2-15)7-22(29)28-19/h3-8,10-12,14-15H,1-2,9,13,24H2,(H,25,32). The van der Waals surface area contributed by atoms with E-state index in [1.807, 2.05) is 27.1 Å². The Bertz CT molecular complexity index is 1460. The van der Waals surface area contributed by atoms with Crippen molar-refractivity contribution in [3.05, 3.63) is 84.1 Å². The Labute approximate surface area is 183 Å². The molecule has 0 saturated heterocycles. The molecular weight excluding hydrogens is 404 g/mol. The minimum atomic E-state index is -0.197. The number of hydrogen-bond acceptors (Lipinski definition) is 5. The van der Waals surface area contributed by atoms with Crippen LogP contribution in [0.25, 0.3) is 11.2 Å². The molecule has 9 heteroatoms. The van der Waals surface area contributed by atoms with Gasteiger partial charge in [-0.1, -0.05) is 0 Å². The zero-order chi connectivity index (χ0) is 21.7. The van der Waals surface area contributed by atoms with Crippen LogP contribution in [0.1, 0.15) is 46.1 Å². The molecule has 0 spiro atoms. The Morgan fingerprint density at radius 3 is 2.94 bits per heavy atom. The molecule has 1 aliphatic carbocycles. The second-order valence-corrected chi connectivity index (χ2v) is 8.29. The quantitative estimate of drug-likeness (QED) is 0.434. The number of nitrogens with one attached hydrogen (secondary N) is 1.